The Kier molecular flexibility index (Phi) is 5.31. The number of halogens is 1. The number of carbonyl (C=O) groups is 2. The molecule has 5 nitrogen and oxygen atoms in total. The van der Waals surface area contributed by atoms with Crippen LogP contribution < -0.4 is 5.32 Å². The summed E-state index contributed by atoms with van der Waals surface area (Å²) in [5.74, 6) is -0.603. The van der Waals surface area contributed by atoms with Gasteiger partial charge in [0.15, 0.2) is 0 Å². The number of amides is 1. The zero-order chi connectivity index (χ0) is 17.1. The van der Waals surface area contributed by atoms with E-state index in [1.807, 2.05) is 38.1 Å². The van der Waals surface area contributed by atoms with Crippen LogP contribution in [0.25, 0.3) is 10.9 Å². The molecule has 124 valence electrons. The first kappa shape index (κ1) is 17.3. The third kappa shape index (κ3) is 3.50. The van der Waals surface area contributed by atoms with Crippen molar-refractivity contribution in [3.63, 3.8) is 0 Å². The Bertz CT molecular complexity index is 698. The summed E-state index contributed by atoms with van der Waals surface area (Å²) < 4.78 is 6.51. The lowest BCUT2D eigenvalue weighted by Gasteiger charge is -2.18. The highest BCUT2D eigenvalue weighted by atomic mass is 35.5. The summed E-state index contributed by atoms with van der Waals surface area (Å²) in [7, 11) is 3.09. The van der Waals surface area contributed by atoms with Gasteiger partial charge in [-0.2, -0.15) is 0 Å². The predicted molar refractivity (Wildman–Crippen MR) is 90.7 cm³/mol. The fourth-order valence-electron chi connectivity index (χ4n) is 2.65. The summed E-state index contributed by atoms with van der Waals surface area (Å²) in [6, 6.07) is 6.81. The molecule has 0 fully saturated rings. The second-order valence-electron chi connectivity index (χ2n) is 5.92. The quantitative estimate of drug-likeness (QED) is 0.853. The number of hydrogen-bond acceptors (Lipinski definition) is 3. The highest BCUT2D eigenvalue weighted by Gasteiger charge is 2.26. The average molecular weight is 337 g/mol. The number of ether oxygens (including phenoxy) is 1. The maximum atomic E-state index is 12.6. The van der Waals surface area contributed by atoms with E-state index >= 15 is 0 Å². The summed E-state index contributed by atoms with van der Waals surface area (Å²) in [5, 5.41) is 3.93. The average Bonchev–Trinajstić information content (AvgIpc) is 2.77. The van der Waals surface area contributed by atoms with Crippen molar-refractivity contribution in [3.05, 3.63) is 35.0 Å². The number of carbonyl (C=O) groups excluding carboxylic acids is 2. The largest absolute Gasteiger partial charge is 0.467 e. The number of esters is 1. The van der Waals surface area contributed by atoms with Crippen molar-refractivity contribution in [2.24, 2.45) is 13.0 Å². The predicted octanol–water partition coefficient (Wildman–Crippen LogP) is 3.15. The summed E-state index contributed by atoms with van der Waals surface area (Å²) in [5.41, 5.74) is 1.20. The van der Waals surface area contributed by atoms with Crippen LogP contribution in [0.15, 0.2) is 24.3 Å². The highest BCUT2D eigenvalue weighted by molar-refractivity contribution is 6.38. The molecule has 23 heavy (non-hydrogen) atoms. The van der Waals surface area contributed by atoms with E-state index in [4.69, 9.17) is 16.3 Å². The first-order valence-electron chi connectivity index (χ1n) is 7.48. The van der Waals surface area contributed by atoms with Crippen molar-refractivity contribution in [2.45, 2.75) is 26.3 Å². The fraction of sp³-hybridized carbons (Fsp3) is 0.412. The minimum atomic E-state index is -0.693. The lowest BCUT2D eigenvalue weighted by Crippen LogP contribution is -2.43. The third-order valence-corrected chi connectivity index (χ3v) is 4.14. The molecular formula is C17H21ClN2O3. The number of hydrogen-bond donors (Lipinski definition) is 1. The Balaban J connectivity index is 2.34. The van der Waals surface area contributed by atoms with Crippen LogP contribution in [0.2, 0.25) is 5.02 Å². The van der Waals surface area contributed by atoms with E-state index in [-0.39, 0.29) is 11.8 Å². The Morgan fingerprint density at radius 1 is 1.30 bits per heavy atom. The Morgan fingerprint density at radius 2 is 1.96 bits per heavy atom. The molecule has 1 unspecified atom stereocenters. The molecule has 2 rings (SSSR count). The number of methoxy groups -OCH3 is 1. The molecule has 0 aliphatic rings. The third-order valence-electron chi connectivity index (χ3n) is 3.76. The minimum Gasteiger partial charge on any atom is -0.467 e. The number of para-hydroxylation sites is 1. The molecule has 0 saturated heterocycles. The molecule has 1 aromatic heterocycles. The fourth-order valence-corrected chi connectivity index (χ4v) is 3.03. The van der Waals surface area contributed by atoms with Gasteiger partial charge in [0.25, 0.3) is 5.91 Å². The van der Waals surface area contributed by atoms with Crippen LogP contribution in [-0.4, -0.2) is 29.6 Å². The van der Waals surface area contributed by atoms with Gasteiger partial charge < -0.3 is 14.6 Å². The molecule has 0 aliphatic carbocycles. The van der Waals surface area contributed by atoms with Crippen LogP contribution in [0.3, 0.4) is 0 Å². The van der Waals surface area contributed by atoms with Gasteiger partial charge in [-0.05, 0) is 18.4 Å². The van der Waals surface area contributed by atoms with Crippen molar-refractivity contribution in [3.8, 4) is 0 Å². The second kappa shape index (κ2) is 7.04. The molecule has 0 aliphatic heterocycles. The number of aryl methyl sites for hydroxylation is 1. The maximum Gasteiger partial charge on any atom is 0.328 e. The first-order chi connectivity index (χ1) is 10.9. The maximum absolute atomic E-state index is 12.6. The zero-order valence-electron chi connectivity index (χ0n) is 13.7. The molecule has 1 heterocycles. The van der Waals surface area contributed by atoms with E-state index in [0.717, 1.165) is 10.9 Å². The Hall–Kier alpha value is -2.01. The summed E-state index contributed by atoms with van der Waals surface area (Å²) in [4.78, 5) is 24.5. The molecule has 6 heteroatoms. The topological polar surface area (TPSA) is 60.3 Å². The number of nitrogens with zero attached hydrogens (tertiary/aromatic N) is 1. The Morgan fingerprint density at radius 3 is 2.52 bits per heavy atom. The van der Waals surface area contributed by atoms with Crippen molar-refractivity contribution >= 4 is 34.4 Å². The van der Waals surface area contributed by atoms with Gasteiger partial charge in [-0.25, -0.2) is 4.79 Å². The minimum absolute atomic E-state index is 0.238. The molecule has 2 aromatic rings. The molecule has 0 radical (unpaired) electrons. The molecule has 1 amide bonds. The van der Waals surface area contributed by atoms with Gasteiger partial charge in [-0.15, -0.1) is 0 Å². The van der Waals surface area contributed by atoms with Crippen molar-refractivity contribution < 1.29 is 14.3 Å². The molecule has 0 saturated carbocycles. The first-order valence-corrected chi connectivity index (χ1v) is 7.86. The van der Waals surface area contributed by atoms with E-state index < -0.39 is 12.0 Å². The summed E-state index contributed by atoms with van der Waals surface area (Å²) in [6.07, 6.45) is 0.500. The molecular weight excluding hydrogens is 316 g/mol. The number of benzene rings is 1. The van der Waals surface area contributed by atoms with E-state index in [1.165, 1.54) is 7.11 Å². The smallest absolute Gasteiger partial charge is 0.328 e. The van der Waals surface area contributed by atoms with Gasteiger partial charge in [0.1, 0.15) is 11.7 Å². The van der Waals surface area contributed by atoms with Gasteiger partial charge in [-0.3, -0.25) is 4.79 Å². The highest BCUT2D eigenvalue weighted by Crippen LogP contribution is 2.29. The number of fused-ring (bicyclic) bond motifs is 1. The molecule has 1 aromatic carbocycles. The molecule has 0 bridgehead atoms. The van der Waals surface area contributed by atoms with Gasteiger partial charge in [0.2, 0.25) is 0 Å². The van der Waals surface area contributed by atoms with Crippen molar-refractivity contribution in [1.82, 2.24) is 9.88 Å². The van der Waals surface area contributed by atoms with Crippen molar-refractivity contribution in [1.29, 1.82) is 0 Å². The van der Waals surface area contributed by atoms with E-state index in [0.29, 0.717) is 17.1 Å². The SMILES string of the molecule is COC(=O)C(CC(C)C)NC(=O)c1c(Cl)c2ccccc2n1C. The van der Waals surface area contributed by atoms with E-state index in [2.05, 4.69) is 5.32 Å². The van der Waals surface area contributed by atoms with Crippen LogP contribution in [0.5, 0.6) is 0 Å². The van der Waals surface area contributed by atoms with Crippen LogP contribution in [-0.2, 0) is 16.6 Å². The van der Waals surface area contributed by atoms with Crippen LogP contribution in [0.1, 0.15) is 30.8 Å². The molecule has 1 N–H and O–H groups in total. The molecule has 0 spiro atoms. The van der Waals surface area contributed by atoms with Crippen LogP contribution in [0, 0.1) is 5.92 Å². The van der Waals surface area contributed by atoms with Gasteiger partial charge >= 0.3 is 5.97 Å². The summed E-state index contributed by atoms with van der Waals surface area (Å²) >= 11 is 6.36. The lowest BCUT2D eigenvalue weighted by molar-refractivity contribution is -0.143. The monoisotopic (exact) mass is 336 g/mol. The standard InChI is InChI=1S/C17H21ClN2O3/c1-10(2)9-12(17(22)23-4)19-16(21)15-14(18)11-7-5-6-8-13(11)20(15)3/h5-8,10,12H,9H2,1-4H3,(H,19,21). The van der Waals surface area contributed by atoms with Crippen molar-refractivity contribution in [2.75, 3.05) is 7.11 Å². The van der Waals surface area contributed by atoms with Crippen LogP contribution >= 0.6 is 11.6 Å². The van der Waals surface area contributed by atoms with Gasteiger partial charge in [0.05, 0.1) is 12.1 Å². The molecule has 1 atom stereocenters. The number of nitrogens with one attached hydrogen (secondary N) is 1. The van der Waals surface area contributed by atoms with Gasteiger partial charge in [0, 0.05) is 18.0 Å². The lowest BCUT2D eigenvalue weighted by atomic mass is 10.0. The van der Waals surface area contributed by atoms with Gasteiger partial charge in [-0.1, -0.05) is 43.6 Å². The Labute approximate surface area is 140 Å². The normalized spacial score (nSPS) is 12.4. The zero-order valence-corrected chi connectivity index (χ0v) is 14.5. The van der Waals surface area contributed by atoms with E-state index in [9.17, 15) is 9.59 Å². The second-order valence-corrected chi connectivity index (χ2v) is 6.30. The number of rotatable bonds is 5. The van der Waals surface area contributed by atoms with E-state index in [1.54, 1.807) is 11.6 Å². The summed E-state index contributed by atoms with van der Waals surface area (Å²) in [6.45, 7) is 3.96. The van der Waals surface area contributed by atoms with Crippen LogP contribution in [0.4, 0.5) is 0 Å². The number of aromatic nitrogens is 1.